The van der Waals surface area contributed by atoms with Crippen molar-refractivity contribution in [1.29, 1.82) is 0 Å². The number of aromatic nitrogens is 2. The summed E-state index contributed by atoms with van der Waals surface area (Å²) in [5, 5.41) is 1.10. The molecule has 1 fully saturated rings. The topological polar surface area (TPSA) is 43.4 Å². The molecule has 1 saturated heterocycles. The molecule has 0 unspecified atom stereocenters. The van der Waals surface area contributed by atoms with Crippen LogP contribution in [0.3, 0.4) is 0 Å². The normalized spacial score (nSPS) is 16.4. The van der Waals surface area contributed by atoms with Gasteiger partial charge in [0.05, 0.1) is 13.1 Å². The Bertz CT molecular complexity index is 772. The van der Waals surface area contributed by atoms with Gasteiger partial charge in [0.2, 0.25) is 5.58 Å². The molecule has 3 aromatic rings. The fourth-order valence-corrected chi connectivity index (χ4v) is 3.07. The molecule has 20 heavy (non-hydrogen) atoms. The summed E-state index contributed by atoms with van der Waals surface area (Å²) in [6.07, 6.45) is 3.39. The number of benzene rings is 1. The molecule has 1 aliphatic heterocycles. The van der Waals surface area contributed by atoms with Crippen LogP contribution in [0.5, 0.6) is 0 Å². The van der Waals surface area contributed by atoms with Crippen molar-refractivity contribution in [1.82, 2.24) is 9.97 Å². The molecule has 0 radical (unpaired) electrons. The van der Waals surface area contributed by atoms with Crippen molar-refractivity contribution in [3.63, 3.8) is 0 Å². The van der Waals surface area contributed by atoms with Crippen LogP contribution in [0.15, 0.2) is 28.7 Å². The number of rotatable bonds is 2. The zero-order chi connectivity index (χ0) is 13.5. The summed E-state index contributed by atoms with van der Waals surface area (Å²) in [7, 11) is 0. The lowest BCUT2D eigenvalue weighted by molar-refractivity contribution is -0.820. The number of para-hydroxylation sites is 1. The summed E-state index contributed by atoms with van der Waals surface area (Å²) in [6.45, 7) is 4.39. The van der Waals surface area contributed by atoms with E-state index in [9.17, 15) is 0 Å². The molecule has 1 aromatic carbocycles. The Hall–Kier alpha value is -1.94. The van der Waals surface area contributed by atoms with E-state index in [1.165, 1.54) is 17.7 Å². The Kier molecular flexibility index (Phi) is 2.70. The molecule has 0 spiro atoms. The third kappa shape index (κ3) is 1.72. The molecule has 0 bridgehead atoms. The van der Waals surface area contributed by atoms with Crippen molar-refractivity contribution in [3.8, 4) is 0 Å². The first kappa shape index (κ1) is 11.9. The molecule has 4 heteroatoms. The summed E-state index contributed by atoms with van der Waals surface area (Å²) in [5.41, 5.74) is 2.76. The molecule has 4 rings (SSSR count). The summed E-state index contributed by atoms with van der Waals surface area (Å²) < 4.78 is 6.05. The van der Waals surface area contributed by atoms with Crippen LogP contribution in [0.2, 0.25) is 0 Å². The Morgan fingerprint density at radius 2 is 1.95 bits per heavy atom. The second-order valence-electron chi connectivity index (χ2n) is 5.43. The highest BCUT2D eigenvalue weighted by Crippen LogP contribution is 2.30. The molecule has 2 aromatic heterocycles. The molecule has 0 aliphatic carbocycles. The van der Waals surface area contributed by atoms with Crippen molar-refractivity contribution < 1.29 is 9.32 Å². The van der Waals surface area contributed by atoms with Gasteiger partial charge in [-0.2, -0.15) is 4.98 Å². The van der Waals surface area contributed by atoms with Crippen LogP contribution in [0, 0.1) is 0 Å². The lowest BCUT2D eigenvalue weighted by Gasteiger charge is -2.10. The van der Waals surface area contributed by atoms with Crippen LogP contribution in [0.25, 0.3) is 22.1 Å². The quantitative estimate of drug-likeness (QED) is 0.775. The predicted octanol–water partition coefficient (Wildman–Crippen LogP) is 2.25. The summed E-state index contributed by atoms with van der Waals surface area (Å²) in [4.78, 5) is 10.9. The van der Waals surface area contributed by atoms with E-state index in [0.717, 1.165) is 53.2 Å². The molecular weight excluding hydrogens is 250 g/mol. The highest BCUT2D eigenvalue weighted by atomic mass is 16.3. The van der Waals surface area contributed by atoms with Gasteiger partial charge in [-0.05, 0) is 12.1 Å². The van der Waals surface area contributed by atoms with E-state index in [1.807, 2.05) is 18.2 Å². The van der Waals surface area contributed by atoms with E-state index in [0.29, 0.717) is 0 Å². The van der Waals surface area contributed by atoms with E-state index in [4.69, 9.17) is 14.4 Å². The molecule has 4 nitrogen and oxygen atoms in total. The average molecular weight is 268 g/mol. The maximum absolute atomic E-state index is 6.05. The molecule has 0 saturated carbocycles. The van der Waals surface area contributed by atoms with E-state index < -0.39 is 0 Å². The van der Waals surface area contributed by atoms with Gasteiger partial charge in [-0.15, -0.1) is 0 Å². The van der Waals surface area contributed by atoms with Gasteiger partial charge in [0.25, 0.3) is 5.82 Å². The van der Waals surface area contributed by atoms with Crippen LogP contribution in [0.1, 0.15) is 25.6 Å². The SMILES string of the molecule is CCc1nc([NH+]2CCCC2)c2oc3ccccc3c2n1. The lowest BCUT2D eigenvalue weighted by Crippen LogP contribution is -3.05. The third-order valence-electron chi connectivity index (χ3n) is 4.12. The average Bonchev–Trinajstić information content (AvgIpc) is 3.13. The lowest BCUT2D eigenvalue weighted by atomic mass is 10.2. The molecule has 1 aliphatic rings. The number of hydrogen-bond donors (Lipinski definition) is 1. The number of quaternary nitrogens is 1. The first-order chi connectivity index (χ1) is 9.86. The fourth-order valence-electron chi connectivity index (χ4n) is 3.07. The highest BCUT2D eigenvalue weighted by molar-refractivity contribution is 6.04. The van der Waals surface area contributed by atoms with Crippen molar-refractivity contribution in [2.75, 3.05) is 13.1 Å². The van der Waals surface area contributed by atoms with Gasteiger partial charge in [-0.1, -0.05) is 19.1 Å². The maximum atomic E-state index is 6.05. The number of furan rings is 1. The fraction of sp³-hybridized carbons (Fsp3) is 0.375. The second kappa shape index (κ2) is 4.56. The van der Waals surface area contributed by atoms with Crippen LogP contribution in [0.4, 0.5) is 5.82 Å². The van der Waals surface area contributed by atoms with Crippen molar-refractivity contribution >= 4 is 27.9 Å². The maximum Gasteiger partial charge on any atom is 0.273 e. The third-order valence-corrected chi connectivity index (χ3v) is 4.12. The van der Waals surface area contributed by atoms with E-state index >= 15 is 0 Å². The zero-order valence-corrected chi connectivity index (χ0v) is 11.6. The second-order valence-corrected chi connectivity index (χ2v) is 5.43. The van der Waals surface area contributed by atoms with Crippen molar-refractivity contribution in [3.05, 3.63) is 30.1 Å². The van der Waals surface area contributed by atoms with Gasteiger partial charge in [-0.3, -0.25) is 4.90 Å². The minimum absolute atomic E-state index is 0.857. The minimum Gasteiger partial charge on any atom is -0.446 e. The van der Waals surface area contributed by atoms with E-state index in [2.05, 4.69) is 13.0 Å². The van der Waals surface area contributed by atoms with Crippen LogP contribution in [-0.4, -0.2) is 23.1 Å². The largest absolute Gasteiger partial charge is 0.446 e. The van der Waals surface area contributed by atoms with Crippen LogP contribution >= 0.6 is 0 Å². The Morgan fingerprint density at radius 1 is 1.15 bits per heavy atom. The molecule has 3 heterocycles. The summed E-state index contributed by atoms with van der Waals surface area (Å²) in [5.74, 6) is 1.97. The van der Waals surface area contributed by atoms with Gasteiger partial charge >= 0.3 is 0 Å². The molecule has 0 amide bonds. The van der Waals surface area contributed by atoms with Gasteiger partial charge in [0.1, 0.15) is 16.9 Å². The van der Waals surface area contributed by atoms with Gasteiger partial charge in [-0.25, -0.2) is 4.98 Å². The number of aryl methyl sites for hydroxylation is 1. The number of hydrogen-bond acceptors (Lipinski definition) is 3. The predicted molar refractivity (Wildman–Crippen MR) is 78.3 cm³/mol. The molecular formula is C16H18N3O+. The molecule has 0 atom stereocenters. The number of fused-ring (bicyclic) bond motifs is 3. The van der Waals surface area contributed by atoms with Gasteiger partial charge < -0.3 is 4.42 Å². The van der Waals surface area contributed by atoms with Crippen LogP contribution in [-0.2, 0) is 6.42 Å². The van der Waals surface area contributed by atoms with Crippen molar-refractivity contribution in [2.24, 2.45) is 0 Å². The minimum atomic E-state index is 0.857. The molecule has 1 N–H and O–H groups in total. The van der Waals surface area contributed by atoms with Gasteiger partial charge in [0, 0.05) is 24.6 Å². The monoisotopic (exact) mass is 268 g/mol. The Balaban J connectivity index is 2.05. The molecule has 102 valence electrons. The highest BCUT2D eigenvalue weighted by Gasteiger charge is 2.26. The number of nitrogens with one attached hydrogen (secondary N) is 1. The smallest absolute Gasteiger partial charge is 0.273 e. The van der Waals surface area contributed by atoms with Gasteiger partial charge in [0.15, 0.2) is 0 Å². The van der Waals surface area contributed by atoms with E-state index in [-0.39, 0.29) is 0 Å². The number of nitrogens with zero attached hydrogens (tertiary/aromatic N) is 2. The summed E-state index contributed by atoms with van der Waals surface area (Å²) in [6, 6.07) is 8.12. The van der Waals surface area contributed by atoms with E-state index in [1.54, 1.807) is 0 Å². The first-order valence-corrected chi connectivity index (χ1v) is 7.40. The van der Waals surface area contributed by atoms with Crippen molar-refractivity contribution in [2.45, 2.75) is 26.2 Å². The first-order valence-electron chi connectivity index (χ1n) is 7.40. The zero-order valence-electron chi connectivity index (χ0n) is 11.6. The summed E-state index contributed by atoms with van der Waals surface area (Å²) >= 11 is 0. The standard InChI is InChI=1S/C16H17N3O/c1-2-13-17-14-11-7-3-4-8-12(11)20-15(14)16(18-13)19-9-5-6-10-19/h3-4,7-8H,2,5-6,9-10H2,1H3/p+1. The Labute approximate surface area is 117 Å². The van der Waals surface area contributed by atoms with Crippen LogP contribution < -0.4 is 4.90 Å². The Morgan fingerprint density at radius 3 is 2.75 bits per heavy atom.